The van der Waals surface area contributed by atoms with Gasteiger partial charge >= 0.3 is 0 Å². The molecular formula is C19H22N2O4. The summed E-state index contributed by atoms with van der Waals surface area (Å²) in [7, 11) is 1.65. The van der Waals surface area contributed by atoms with Gasteiger partial charge in [0.25, 0.3) is 0 Å². The maximum Gasteiger partial charge on any atom is 0.242 e. The van der Waals surface area contributed by atoms with Crippen LogP contribution in [0.5, 0.6) is 5.75 Å². The van der Waals surface area contributed by atoms with E-state index in [1.54, 1.807) is 12.0 Å². The summed E-state index contributed by atoms with van der Waals surface area (Å²) in [5.41, 5.74) is 1.04. The second kappa shape index (κ2) is 7.53. The number of fused-ring (bicyclic) bond motifs is 1. The van der Waals surface area contributed by atoms with Crippen molar-refractivity contribution in [2.75, 3.05) is 33.4 Å². The highest BCUT2D eigenvalue weighted by molar-refractivity contribution is 5.85. The van der Waals surface area contributed by atoms with E-state index in [1.807, 2.05) is 30.3 Å². The van der Waals surface area contributed by atoms with Crippen LogP contribution in [0.4, 0.5) is 0 Å². The van der Waals surface area contributed by atoms with E-state index >= 15 is 0 Å². The fourth-order valence-electron chi connectivity index (χ4n) is 2.96. The minimum Gasteiger partial charge on any atom is -0.497 e. The minimum absolute atomic E-state index is 0.0273. The second-order valence-corrected chi connectivity index (χ2v) is 6.08. The topological polar surface area (TPSA) is 67.9 Å². The van der Waals surface area contributed by atoms with Crippen molar-refractivity contribution in [1.29, 1.82) is 0 Å². The smallest absolute Gasteiger partial charge is 0.242 e. The number of ether oxygens (including phenoxy) is 2. The maximum atomic E-state index is 12.2. The number of carbonyl (C=O) groups excluding carboxylic acids is 2. The number of carbonyl (C=O) groups is 2. The zero-order valence-electron chi connectivity index (χ0n) is 14.5. The highest BCUT2D eigenvalue weighted by Crippen LogP contribution is 2.27. The molecule has 2 aromatic rings. The van der Waals surface area contributed by atoms with Crippen molar-refractivity contribution < 1.29 is 19.1 Å². The molecule has 1 saturated heterocycles. The normalized spacial score (nSPS) is 17.4. The van der Waals surface area contributed by atoms with E-state index in [2.05, 4.69) is 11.4 Å². The highest BCUT2D eigenvalue weighted by atomic mass is 16.5. The average Bonchev–Trinajstić information content (AvgIpc) is 2.65. The first-order valence-electron chi connectivity index (χ1n) is 8.28. The molecule has 1 aliphatic rings. The molecule has 6 heteroatoms. The largest absolute Gasteiger partial charge is 0.497 e. The van der Waals surface area contributed by atoms with Gasteiger partial charge in [-0.05, 0) is 34.5 Å². The maximum absolute atomic E-state index is 12.2. The number of methoxy groups -OCH3 is 1. The lowest BCUT2D eigenvalue weighted by Crippen LogP contribution is -2.46. The lowest BCUT2D eigenvalue weighted by Gasteiger charge is -2.33. The lowest BCUT2D eigenvalue weighted by molar-refractivity contribution is -0.139. The van der Waals surface area contributed by atoms with E-state index in [4.69, 9.17) is 9.47 Å². The van der Waals surface area contributed by atoms with Crippen molar-refractivity contribution in [2.45, 2.75) is 13.0 Å². The van der Waals surface area contributed by atoms with Gasteiger partial charge in [-0.15, -0.1) is 0 Å². The fraction of sp³-hybridized carbons (Fsp3) is 0.368. The third-order valence-corrected chi connectivity index (χ3v) is 4.35. The van der Waals surface area contributed by atoms with Crippen LogP contribution >= 0.6 is 0 Å². The Kier molecular flexibility index (Phi) is 5.19. The van der Waals surface area contributed by atoms with Crippen molar-refractivity contribution in [1.82, 2.24) is 10.2 Å². The SMILES string of the molecule is COc1ccc2cc([C@@H]3CN(C(=O)CNC(C)=O)CCO3)ccc2c1. The number of hydrogen-bond donors (Lipinski definition) is 1. The molecule has 132 valence electrons. The van der Waals surface area contributed by atoms with E-state index < -0.39 is 0 Å². The summed E-state index contributed by atoms with van der Waals surface area (Å²) >= 11 is 0. The van der Waals surface area contributed by atoms with Crippen LogP contribution in [0.2, 0.25) is 0 Å². The summed E-state index contributed by atoms with van der Waals surface area (Å²) in [4.78, 5) is 24.9. The lowest BCUT2D eigenvalue weighted by atomic mass is 10.0. The first-order chi connectivity index (χ1) is 12.1. The number of amides is 2. The molecule has 0 aliphatic carbocycles. The van der Waals surface area contributed by atoms with Crippen LogP contribution in [0.25, 0.3) is 10.8 Å². The van der Waals surface area contributed by atoms with Gasteiger partial charge in [-0.2, -0.15) is 0 Å². The zero-order valence-corrected chi connectivity index (χ0v) is 14.5. The molecule has 0 saturated carbocycles. The van der Waals surface area contributed by atoms with Crippen LogP contribution in [0, 0.1) is 0 Å². The molecule has 1 atom stereocenters. The van der Waals surface area contributed by atoms with Crippen molar-refractivity contribution in [3.05, 3.63) is 42.0 Å². The first kappa shape index (κ1) is 17.2. The predicted octanol–water partition coefficient (Wildman–Crippen LogP) is 1.88. The molecule has 1 N–H and O–H groups in total. The van der Waals surface area contributed by atoms with E-state index in [-0.39, 0.29) is 24.5 Å². The summed E-state index contributed by atoms with van der Waals surface area (Å²) in [6, 6.07) is 12.1. The number of hydrogen-bond acceptors (Lipinski definition) is 4. The number of rotatable bonds is 4. The Morgan fingerprint density at radius 2 is 2.00 bits per heavy atom. The van der Waals surface area contributed by atoms with Crippen molar-refractivity contribution in [3.8, 4) is 5.75 Å². The van der Waals surface area contributed by atoms with Gasteiger partial charge in [0, 0.05) is 13.5 Å². The van der Waals surface area contributed by atoms with E-state index in [9.17, 15) is 9.59 Å². The van der Waals surface area contributed by atoms with Gasteiger partial charge in [-0.3, -0.25) is 9.59 Å². The number of nitrogens with zero attached hydrogens (tertiary/aromatic N) is 1. The first-order valence-corrected chi connectivity index (χ1v) is 8.28. The van der Waals surface area contributed by atoms with Gasteiger partial charge in [-0.1, -0.05) is 18.2 Å². The minimum atomic E-state index is -0.205. The Bertz CT molecular complexity index is 790. The van der Waals surface area contributed by atoms with Crippen molar-refractivity contribution in [3.63, 3.8) is 0 Å². The third-order valence-electron chi connectivity index (χ3n) is 4.35. The molecule has 6 nitrogen and oxygen atoms in total. The quantitative estimate of drug-likeness (QED) is 0.921. The molecule has 1 heterocycles. The van der Waals surface area contributed by atoms with Crippen LogP contribution in [0.3, 0.4) is 0 Å². The van der Waals surface area contributed by atoms with Crippen LogP contribution in [0.1, 0.15) is 18.6 Å². The molecule has 25 heavy (non-hydrogen) atoms. The molecule has 1 fully saturated rings. The molecule has 0 radical (unpaired) electrons. The summed E-state index contributed by atoms with van der Waals surface area (Å²) < 4.78 is 11.1. The average molecular weight is 342 g/mol. The number of benzene rings is 2. The zero-order chi connectivity index (χ0) is 17.8. The molecule has 1 aliphatic heterocycles. The van der Waals surface area contributed by atoms with E-state index in [1.165, 1.54) is 6.92 Å². The summed E-state index contributed by atoms with van der Waals surface area (Å²) in [6.07, 6.45) is -0.165. The molecule has 0 aromatic heterocycles. The fourth-order valence-corrected chi connectivity index (χ4v) is 2.96. The van der Waals surface area contributed by atoms with Gasteiger partial charge in [0.1, 0.15) is 11.9 Å². The van der Waals surface area contributed by atoms with Gasteiger partial charge in [0.15, 0.2) is 0 Å². The van der Waals surface area contributed by atoms with Crippen LogP contribution < -0.4 is 10.1 Å². The highest BCUT2D eigenvalue weighted by Gasteiger charge is 2.25. The summed E-state index contributed by atoms with van der Waals surface area (Å²) in [6.45, 7) is 2.94. The van der Waals surface area contributed by atoms with Crippen molar-refractivity contribution >= 4 is 22.6 Å². The molecular weight excluding hydrogens is 320 g/mol. The molecule has 2 amide bonds. The molecule has 0 bridgehead atoms. The Morgan fingerprint density at radius 3 is 2.76 bits per heavy atom. The molecule has 3 rings (SSSR count). The second-order valence-electron chi connectivity index (χ2n) is 6.08. The van der Waals surface area contributed by atoms with Gasteiger partial charge in [0.2, 0.25) is 11.8 Å². The molecule has 0 spiro atoms. The van der Waals surface area contributed by atoms with Crippen LogP contribution in [-0.4, -0.2) is 50.1 Å². The predicted molar refractivity (Wildman–Crippen MR) is 94.5 cm³/mol. The Balaban J connectivity index is 1.73. The number of morpholine rings is 1. The third kappa shape index (κ3) is 4.09. The standard InChI is InChI=1S/C19H22N2O4/c1-13(22)20-11-19(23)21-7-8-25-18(12-21)16-4-3-15-10-17(24-2)6-5-14(15)9-16/h3-6,9-10,18H,7-8,11-12H2,1-2H3,(H,20,22)/t18-/m0/s1. The number of nitrogens with one attached hydrogen (secondary N) is 1. The van der Waals surface area contributed by atoms with Gasteiger partial charge in [-0.25, -0.2) is 0 Å². The van der Waals surface area contributed by atoms with Gasteiger partial charge < -0.3 is 19.7 Å². The van der Waals surface area contributed by atoms with Crippen LogP contribution in [-0.2, 0) is 14.3 Å². The molecule has 0 unspecified atom stereocenters. The summed E-state index contributed by atoms with van der Waals surface area (Å²) in [5, 5.41) is 4.74. The molecule has 2 aromatic carbocycles. The summed E-state index contributed by atoms with van der Waals surface area (Å²) in [5.74, 6) is 0.529. The van der Waals surface area contributed by atoms with E-state index in [0.717, 1.165) is 22.1 Å². The van der Waals surface area contributed by atoms with Crippen LogP contribution in [0.15, 0.2) is 36.4 Å². The monoisotopic (exact) mass is 342 g/mol. The van der Waals surface area contributed by atoms with Gasteiger partial charge in [0.05, 0.1) is 26.8 Å². The Hall–Kier alpha value is -2.60. The Morgan fingerprint density at radius 1 is 1.24 bits per heavy atom. The van der Waals surface area contributed by atoms with E-state index in [0.29, 0.717) is 19.7 Å². The van der Waals surface area contributed by atoms with Crippen molar-refractivity contribution in [2.24, 2.45) is 0 Å². The Labute approximate surface area is 146 Å².